The second-order valence-corrected chi connectivity index (χ2v) is 5.82. The second kappa shape index (κ2) is 3.57. The molecule has 0 nitrogen and oxygen atoms in total. The van der Waals surface area contributed by atoms with Crippen LogP contribution in [-0.4, -0.2) is 5.88 Å². The van der Waals surface area contributed by atoms with Gasteiger partial charge < -0.3 is 0 Å². The normalized spacial score (nSPS) is 21.0. The van der Waals surface area contributed by atoms with Crippen molar-refractivity contribution < 1.29 is 0 Å². The van der Waals surface area contributed by atoms with Gasteiger partial charge in [-0.1, -0.05) is 27.2 Å². The van der Waals surface area contributed by atoms with Crippen molar-refractivity contribution in [1.82, 2.24) is 0 Å². The van der Waals surface area contributed by atoms with E-state index in [9.17, 15) is 0 Å². The van der Waals surface area contributed by atoms with E-state index in [2.05, 4.69) is 20.8 Å². The molecular formula is C11H21Cl. The monoisotopic (exact) mass is 188 g/mol. The van der Waals surface area contributed by atoms with Gasteiger partial charge in [-0.3, -0.25) is 0 Å². The molecule has 0 spiro atoms. The highest BCUT2D eigenvalue weighted by Crippen LogP contribution is 2.51. The molecule has 0 aromatic rings. The van der Waals surface area contributed by atoms with Crippen LogP contribution in [0.3, 0.4) is 0 Å². The van der Waals surface area contributed by atoms with E-state index in [1.165, 1.54) is 32.1 Å². The van der Waals surface area contributed by atoms with Crippen molar-refractivity contribution >= 4 is 11.6 Å². The highest BCUT2D eigenvalue weighted by molar-refractivity contribution is 6.18. The van der Waals surface area contributed by atoms with E-state index in [4.69, 9.17) is 11.6 Å². The van der Waals surface area contributed by atoms with Gasteiger partial charge >= 0.3 is 0 Å². The highest BCUT2D eigenvalue weighted by Gasteiger charge is 2.40. The minimum atomic E-state index is 0.502. The van der Waals surface area contributed by atoms with Crippen molar-refractivity contribution in [2.24, 2.45) is 10.8 Å². The Bertz CT molecular complexity index is 140. The molecule has 0 atom stereocenters. The maximum Gasteiger partial charge on any atom is 0.0280 e. The van der Waals surface area contributed by atoms with E-state index in [0.717, 1.165) is 5.88 Å². The topological polar surface area (TPSA) is 0 Å². The summed E-state index contributed by atoms with van der Waals surface area (Å²) in [6, 6.07) is 0. The maximum atomic E-state index is 5.91. The molecule has 1 aliphatic carbocycles. The second-order valence-electron chi connectivity index (χ2n) is 5.55. The van der Waals surface area contributed by atoms with Gasteiger partial charge in [-0.2, -0.15) is 0 Å². The molecular weight excluding hydrogens is 168 g/mol. The van der Waals surface area contributed by atoms with Crippen molar-refractivity contribution in [2.45, 2.75) is 52.9 Å². The molecule has 1 aliphatic rings. The van der Waals surface area contributed by atoms with Crippen LogP contribution < -0.4 is 0 Å². The van der Waals surface area contributed by atoms with E-state index in [1.54, 1.807) is 0 Å². The average molecular weight is 189 g/mol. The van der Waals surface area contributed by atoms with Crippen LogP contribution in [-0.2, 0) is 0 Å². The highest BCUT2D eigenvalue weighted by atomic mass is 35.5. The van der Waals surface area contributed by atoms with E-state index in [0.29, 0.717) is 10.8 Å². The Balaban J connectivity index is 2.10. The molecule has 0 amide bonds. The summed E-state index contributed by atoms with van der Waals surface area (Å²) in [5.74, 6) is 0.886. The first-order valence-corrected chi connectivity index (χ1v) is 5.57. The molecule has 0 unspecified atom stereocenters. The van der Waals surface area contributed by atoms with Gasteiger partial charge in [-0.15, -0.1) is 11.6 Å². The van der Waals surface area contributed by atoms with Crippen molar-refractivity contribution in [1.29, 1.82) is 0 Å². The van der Waals surface area contributed by atoms with Crippen LogP contribution in [0.1, 0.15) is 52.9 Å². The summed E-state index contributed by atoms with van der Waals surface area (Å²) in [4.78, 5) is 0. The fraction of sp³-hybridized carbons (Fsp3) is 1.00. The van der Waals surface area contributed by atoms with E-state index < -0.39 is 0 Å². The zero-order chi connectivity index (χ0) is 9.24. The van der Waals surface area contributed by atoms with E-state index in [1.807, 2.05) is 0 Å². The predicted octanol–water partition coefficient (Wildman–Crippen LogP) is 4.22. The zero-order valence-electron chi connectivity index (χ0n) is 8.62. The number of rotatable bonds is 4. The molecule has 72 valence electrons. The predicted molar refractivity (Wildman–Crippen MR) is 55.7 cm³/mol. The molecule has 1 fully saturated rings. The van der Waals surface area contributed by atoms with Gasteiger partial charge in [0, 0.05) is 5.88 Å². The van der Waals surface area contributed by atoms with Crippen molar-refractivity contribution in [3.63, 3.8) is 0 Å². The maximum absolute atomic E-state index is 5.91. The molecule has 1 saturated carbocycles. The van der Waals surface area contributed by atoms with Gasteiger partial charge in [0.1, 0.15) is 0 Å². The lowest BCUT2D eigenvalue weighted by Gasteiger charge is -2.19. The lowest BCUT2D eigenvalue weighted by molar-refractivity contribution is 0.339. The molecule has 0 saturated heterocycles. The quantitative estimate of drug-likeness (QED) is 0.580. The van der Waals surface area contributed by atoms with Crippen LogP contribution in [0.2, 0.25) is 0 Å². The summed E-state index contributed by atoms with van der Waals surface area (Å²) < 4.78 is 0. The van der Waals surface area contributed by atoms with Crippen LogP contribution in [0, 0.1) is 10.8 Å². The van der Waals surface area contributed by atoms with Gasteiger partial charge in [0.2, 0.25) is 0 Å². The van der Waals surface area contributed by atoms with Crippen molar-refractivity contribution in [3.8, 4) is 0 Å². The molecule has 1 rings (SSSR count). The Morgan fingerprint density at radius 2 is 1.83 bits per heavy atom. The summed E-state index contributed by atoms with van der Waals surface area (Å²) in [5.41, 5.74) is 1.08. The van der Waals surface area contributed by atoms with E-state index >= 15 is 0 Å². The van der Waals surface area contributed by atoms with E-state index in [-0.39, 0.29) is 0 Å². The molecule has 1 heteroatoms. The fourth-order valence-electron chi connectivity index (χ4n) is 1.62. The average Bonchev–Trinajstić information content (AvgIpc) is 2.67. The van der Waals surface area contributed by atoms with Gasteiger partial charge in [0.05, 0.1) is 0 Å². The standard InChI is InChI=1S/C11H21Cl/c1-10(2,3)5-4-6-11(9-12)7-8-11/h4-9H2,1-3H3. The first kappa shape index (κ1) is 10.4. The molecule has 12 heavy (non-hydrogen) atoms. The third kappa shape index (κ3) is 3.35. The summed E-state index contributed by atoms with van der Waals surface area (Å²) in [5, 5.41) is 0. The van der Waals surface area contributed by atoms with Gasteiger partial charge in [-0.25, -0.2) is 0 Å². The third-order valence-electron chi connectivity index (χ3n) is 2.87. The van der Waals surface area contributed by atoms with Crippen molar-refractivity contribution in [3.05, 3.63) is 0 Å². The number of alkyl halides is 1. The first-order chi connectivity index (χ1) is 5.47. The Morgan fingerprint density at radius 1 is 1.25 bits per heavy atom. The smallest absolute Gasteiger partial charge is 0.0280 e. The van der Waals surface area contributed by atoms with Crippen LogP contribution in [0.25, 0.3) is 0 Å². The Morgan fingerprint density at radius 3 is 2.17 bits per heavy atom. The SMILES string of the molecule is CC(C)(C)CCCC1(CCl)CC1. The molecule has 0 N–H and O–H groups in total. The number of hydrogen-bond acceptors (Lipinski definition) is 0. The largest absolute Gasteiger partial charge is 0.126 e. The fourth-order valence-corrected chi connectivity index (χ4v) is 2.02. The minimum Gasteiger partial charge on any atom is -0.126 e. The zero-order valence-corrected chi connectivity index (χ0v) is 9.38. The first-order valence-electron chi connectivity index (χ1n) is 5.04. The van der Waals surface area contributed by atoms with Crippen LogP contribution in [0.5, 0.6) is 0 Å². The molecule has 0 aromatic heterocycles. The van der Waals surface area contributed by atoms with Crippen LogP contribution in [0.4, 0.5) is 0 Å². The lowest BCUT2D eigenvalue weighted by Crippen LogP contribution is -2.08. The summed E-state index contributed by atoms with van der Waals surface area (Å²) in [7, 11) is 0. The molecule has 0 aliphatic heterocycles. The Hall–Kier alpha value is 0.290. The molecule has 0 heterocycles. The van der Waals surface area contributed by atoms with Gasteiger partial charge in [0.15, 0.2) is 0 Å². The lowest BCUT2D eigenvalue weighted by atomic mass is 9.87. The minimum absolute atomic E-state index is 0.502. The summed E-state index contributed by atoms with van der Waals surface area (Å²) in [6.07, 6.45) is 6.80. The van der Waals surface area contributed by atoms with Gasteiger partial charge in [0.25, 0.3) is 0 Å². The van der Waals surface area contributed by atoms with Crippen molar-refractivity contribution in [2.75, 3.05) is 5.88 Å². The van der Waals surface area contributed by atoms with Gasteiger partial charge in [-0.05, 0) is 36.5 Å². The van der Waals surface area contributed by atoms with Crippen LogP contribution in [0.15, 0.2) is 0 Å². The summed E-state index contributed by atoms with van der Waals surface area (Å²) in [6.45, 7) is 6.94. The number of halogens is 1. The third-order valence-corrected chi connectivity index (χ3v) is 3.44. The molecule has 0 bridgehead atoms. The van der Waals surface area contributed by atoms with Crippen LogP contribution >= 0.6 is 11.6 Å². The Labute approximate surface area is 81.7 Å². The molecule has 0 aromatic carbocycles. The Kier molecular flexibility index (Phi) is 3.09. The summed E-state index contributed by atoms with van der Waals surface area (Å²) >= 11 is 5.91. The molecule has 0 radical (unpaired) electrons. The number of hydrogen-bond donors (Lipinski definition) is 0.